The molecule has 0 amide bonds. The van der Waals surface area contributed by atoms with Crippen LogP contribution in [0.5, 0.6) is 11.5 Å². The molecule has 0 radical (unpaired) electrons. The maximum absolute atomic E-state index is 5.45. The summed E-state index contributed by atoms with van der Waals surface area (Å²) < 4.78 is 11.9. The van der Waals surface area contributed by atoms with Gasteiger partial charge in [-0.25, -0.2) is 9.97 Å². The van der Waals surface area contributed by atoms with Crippen LogP contribution in [0.25, 0.3) is 10.9 Å². The fourth-order valence-corrected chi connectivity index (χ4v) is 3.16. The molecule has 3 rings (SSSR count). The van der Waals surface area contributed by atoms with Crippen LogP contribution in [0.3, 0.4) is 0 Å². The molecule has 0 aliphatic heterocycles. The standard InChI is InChI=1S/C19H20BrN3O2/c1-5-23(13-7-6-12(2)15(20)8-13)19-14-9-17(24-3)18(25-4)10-16(14)21-11-22-19/h6-11H,5H2,1-4H3. The molecule has 2 aromatic carbocycles. The molecule has 5 nitrogen and oxygen atoms in total. The number of nitrogens with zero attached hydrogens (tertiary/aromatic N) is 3. The first-order valence-corrected chi connectivity index (χ1v) is 8.78. The highest BCUT2D eigenvalue weighted by molar-refractivity contribution is 9.10. The van der Waals surface area contributed by atoms with Gasteiger partial charge in [0.15, 0.2) is 11.5 Å². The SMILES string of the molecule is CCN(c1ccc(C)c(Br)c1)c1ncnc2cc(OC)c(OC)cc12. The summed E-state index contributed by atoms with van der Waals surface area (Å²) >= 11 is 3.61. The lowest BCUT2D eigenvalue weighted by Crippen LogP contribution is -2.18. The molecule has 0 fully saturated rings. The third-order valence-electron chi connectivity index (χ3n) is 4.16. The minimum absolute atomic E-state index is 0.653. The first-order chi connectivity index (χ1) is 12.1. The molecular formula is C19H20BrN3O2. The van der Waals surface area contributed by atoms with Crippen molar-refractivity contribution < 1.29 is 9.47 Å². The number of ether oxygens (including phenoxy) is 2. The Bertz CT molecular complexity index is 915. The maximum Gasteiger partial charge on any atom is 0.162 e. The van der Waals surface area contributed by atoms with Gasteiger partial charge in [-0.15, -0.1) is 0 Å². The molecule has 3 aromatic rings. The van der Waals surface area contributed by atoms with Crippen molar-refractivity contribution >= 4 is 38.3 Å². The quantitative estimate of drug-likeness (QED) is 0.609. The van der Waals surface area contributed by atoms with Gasteiger partial charge in [0, 0.05) is 28.2 Å². The number of benzene rings is 2. The molecule has 0 atom stereocenters. The molecule has 0 aliphatic carbocycles. The van der Waals surface area contributed by atoms with E-state index < -0.39 is 0 Å². The van der Waals surface area contributed by atoms with Crippen LogP contribution in [0.4, 0.5) is 11.5 Å². The number of fused-ring (bicyclic) bond motifs is 1. The van der Waals surface area contributed by atoms with Gasteiger partial charge in [0.2, 0.25) is 0 Å². The highest BCUT2D eigenvalue weighted by Crippen LogP contribution is 2.37. The summed E-state index contributed by atoms with van der Waals surface area (Å²) in [6.07, 6.45) is 1.58. The summed E-state index contributed by atoms with van der Waals surface area (Å²) in [6, 6.07) is 10.1. The number of methoxy groups -OCH3 is 2. The molecule has 1 aromatic heterocycles. The Kier molecular flexibility index (Phi) is 5.08. The molecule has 0 saturated carbocycles. The van der Waals surface area contributed by atoms with Gasteiger partial charge in [0.05, 0.1) is 19.7 Å². The fourth-order valence-electron chi connectivity index (χ4n) is 2.79. The van der Waals surface area contributed by atoms with E-state index in [1.165, 1.54) is 5.56 Å². The minimum atomic E-state index is 0.653. The van der Waals surface area contributed by atoms with Crippen LogP contribution in [-0.4, -0.2) is 30.7 Å². The zero-order chi connectivity index (χ0) is 18.0. The smallest absolute Gasteiger partial charge is 0.162 e. The van der Waals surface area contributed by atoms with Crippen LogP contribution >= 0.6 is 15.9 Å². The van der Waals surface area contributed by atoms with Crippen molar-refractivity contribution in [3.63, 3.8) is 0 Å². The number of halogens is 1. The topological polar surface area (TPSA) is 47.5 Å². The first-order valence-electron chi connectivity index (χ1n) is 7.99. The third kappa shape index (κ3) is 3.26. The van der Waals surface area contributed by atoms with E-state index in [0.29, 0.717) is 11.5 Å². The van der Waals surface area contributed by atoms with Gasteiger partial charge in [-0.1, -0.05) is 22.0 Å². The van der Waals surface area contributed by atoms with Crippen molar-refractivity contribution in [3.05, 3.63) is 46.7 Å². The molecule has 0 bridgehead atoms. The number of rotatable bonds is 5. The van der Waals surface area contributed by atoms with E-state index >= 15 is 0 Å². The number of aryl methyl sites for hydroxylation is 1. The highest BCUT2D eigenvalue weighted by Gasteiger charge is 2.16. The Morgan fingerprint density at radius 2 is 1.76 bits per heavy atom. The summed E-state index contributed by atoms with van der Waals surface area (Å²) in [7, 11) is 3.25. The second kappa shape index (κ2) is 7.27. The van der Waals surface area contributed by atoms with E-state index in [9.17, 15) is 0 Å². The van der Waals surface area contributed by atoms with Crippen molar-refractivity contribution in [1.82, 2.24) is 9.97 Å². The predicted molar refractivity (Wildman–Crippen MR) is 104 cm³/mol. The number of hydrogen-bond acceptors (Lipinski definition) is 5. The summed E-state index contributed by atoms with van der Waals surface area (Å²) in [5.41, 5.74) is 3.07. The van der Waals surface area contributed by atoms with E-state index in [0.717, 1.165) is 33.4 Å². The summed E-state index contributed by atoms with van der Waals surface area (Å²) in [4.78, 5) is 11.1. The van der Waals surface area contributed by atoms with Gasteiger partial charge in [-0.05, 0) is 37.6 Å². The van der Waals surface area contributed by atoms with Gasteiger partial charge in [0.1, 0.15) is 12.1 Å². The molecular weight excluding hydrogens is 382 g/mol. The van der Waals surface area contributed by atoms with Crippen LogP contribution in [0, 0.1) is 6.92 Å². The van der Waals surface area contributed by atoms with Crippen molar-refractivity contribution in [2.45, 2.75) is 13.8 Å². The predicted octanol–water partition coefficient (Wildman–Crippen LogP) is 4.88. The van der Waals surface area contributed by atoms with Crippen molar-refractivity contribution in [1.29, 1.82) is 0 Å². The largest absolute Gasteiger partial charge is 0.493 e. The Morgan fingerprint density at radius 1 is 1.04 bits per heavy atom. The number of anilines is 2. The lowest BCUT2D eigenvalue weighted by Gasteiger charge is -2.24. The fraction of sp³-hybridized carbons (Fsp3) is 0.263. The van der Waals surface area contributed by atoms with E-state index in [-0.39, 0.29) is 0 Å². The van der Waals surface area contributed by atoms with Gasteiger partial charge in [-0.2, -0.15) is 0 Å². The lowest BCUT2D eigenvalue weighted by molar-refractivity contribution is 0.356. The molecule has 130 valence electrons. The van der Waals surface area contributed by atoms with Crippen LogP contribution in [0.2, 0.25) is 0 Å². The second-order valence-corrected chi connectivity index (χ2v) is 6.45. The van der Waals surface area contributed by atoms with Gasteiger partial charge >= 0.3 is 0 Å². The average molecular weight is 402 g/mol. The molecule has 0 saturated heterocycles. The first kappa shape index (κ1) is 17.5. The molecule has 6 heteroatoms. The lowest BCUT2D eigenvalue weighted by atomic mass is 10.1. The molecule has 0 N–H and O–H groups in total. The van der Waals surface area contributed by atoms with Crippen LogP contribution in [-0.2, 0) is 0 Å². The highest BCUT2D eigenvalue weighted by atomic mass is 79.9. The Balaban J connectivity index is 2.19. The van der Waals surface area contributed by atoms with Crippen molar-refractivity contribution in [2.75, 3.05) is 25.7 Å². The molecule has 25 heavy (non-hydrogen) atoms. The van der Waals surface area contributed by atoms with E-state index in [4.69, 9.17) is 9.47 Å². The molecule has 0 spiro atoms. The van der Waals surface area contributed by atoms with Crippen molar-refractivity contribution in [2.24, 2.45) is 0 Å². The van der Waals surface area contributed by atoms with Crippen molar-refractivity contribution in [3.8, 4) is 11.5 Å². The van der Waals surface area contributed by atoms with E-state index in [1.807, 2.05) is 12.1 Å². The zero-order valence-corrected chi connectivity index (χ0v) is 16.3. The van der Waals surface area contributed by atoms with Crippen LogP contribution in [0.15, 0.2) is 41.1 Å². The van der Waals surface area contributed by atoms with Gasteiger partial charge in [0.25, 0.3) is 0 Å². The van der Waals surface area contributed by atoms with E-state index in [1.54, 1.807) is 20.5 Å². The summed E-state index contributed by atoms with van der Waals surface area (Å²) in [6.45, 7) is 4.94. The normalized spacial score (nSPS) is 10.8. The minimum Gasteiger partial charge on any atom is -0.493 e. The third-order valence-corrected chi connectivity index (χ3v) is 5.01. The molecule has 1 heterocycles. The summed E-state index contributed by atoms with van der Waals surface area (Å²) in [5, 5.41) is 0.915. The number of hydrogen-bond donors (Lipinski definition) is 0. The van der Waals surface area contributed by atoms with Gasteiger partial charge < -0.3 is 14.4 Å². The number of aromatic nitrogens is 2. The van der Waals surface area contributed by atoms with E-state index in [2.05, 4.69) is 62.8 Å². The Hall–Kier alpha value is -2.34. The zero-order valence-electron chi connectivity index (χ0n) is 14.7. The summed E-state index contributed by atoms with van der Waals surface area (Å²) in [5.74, 6) is 2.15. The van der Waals surface area contributed by atoms with Gasteiger partial charge in [-0.3, -0.25) is 0 Å². The Morgan fingerprint density at radius 3 is 2.40 bits per heavy atom. The second-order valence-electron chi connectivity index (χ2n) is 5.60. The maximum atomic E-state index is 5.45. The molecule has 0 aliphatic rings. The average Bonchev–Trinajstić information content (AvgIpc) is 2.64. The van der Waals surface area contributed by atoms with Crippen LogP contribution in [0.1, 0.15) is 12.5 Å². The molecule has 0 unspecified atom stereocenters. The van der Waals surface area contributed by atoms with Crippen LogP contribution < -0.4 is 14.4 Å². The monoisotopic (exact) mass is 401 g/mol. The Labute approximate surface area is 155 Å².